The molecule has 1 N–H and O–H groups in total. The van der Waals surface area contributed by atoms with E-state index in [0.29, 0.717) is 12.2 Å². The molecule has 0 unspecified atom stereocenters. The number of carbonyl (C=O) groups excluding carboxylic acids is 1. The molecule has 23 heavy (non-hydrogen) atoms. The van der Waals surface area contributed by atoms with Crippen LogP contribution in [-0.2, 0) is 14.8 Å². The molecule has 0 saturated heterocycles. The topological polar surface area (TPSA) is 69.7 Å². The molecule has 0 bridgehead atoms. The van der Waals surface area contributed by atoms with E-state index < -0.39 is 10.0 Å². The van der Waals surface area contributed by atoms with Crippen molar-refractivity contribution < 1.29 is 13.2 Å². The maximum atomic E-state index is 12.1. The first-order valence-corrected chi connectivity index (χ1v) is 9.42. The summed E-state index contributed by atoms with van der Waals surface area (Å²) in [5.74, 6) is -0.147. The number of carbonyl (C=O) groups is 1. The minimum absolute atomic E-state index is 0.133. The Labute approximate surface area is 139 Å². The molecule has 0 fully saturated rings. The van der Waals surface area contributed by atoms with Gasteiger partial charge >= 0.3 is 0 Å². The maximum Gasteiger partial charge on any atom is 0.232 e. The first-order chi connectivity index (χ1) is 10.6. The number of likely N-dealkylation sites (N-methyl/N-ethyl adjacent to an activating group) is 1. The van der Waals surface area contributed by atoms with E-state index in [0.717, 1.165) is 17.7 Å². The van der Waals surface area contributed by atoms with E-state index in [-0.39, 0.29) is 18.9 Å². The highest BCUT2D eigenvalue weighted by molar-refractivity contribution is 7.92. The molecule has 0 aliphatic heterocycles. The van der Waals surface area contributed by atoms with Gasteiger partial charge in [-0.1, -0.05) is 12.1 Å². The summed E-state index contributed by atoms with van der Waals surface area (Å²) in [5.41, 5.74) is 2.48. The molecule has 0 radical (unpaired) electrons. The number of anilines is 1. The molecule has 0 spiro atoms. The van der Waals surface area contributed by atoms with Gasteiger partial charge in [-0.25, -0.2) is 8.42 Å². The Morgan fingerprint density at radius 2 is 1.83 bits per heavy atom. The van der Waals surface area contributed by atoms with Crippen LogP contribution >= 0.6 is 0 Å². The third kappa shape index (κ3) is 6.58. The monoisotopic (exact) mass is 341 g/mol. The van der Waals surface area contributed by atoms with Crippen molar-refractivity contribution in [1.29, 1.82) is 0 Å². The molecule has 0 atom stereocenters. The van der Waals surface area contributed by atoms with Crippen LogP contribution in [-0.4, -0.2) is 59.2 Å². The van der Waals surface area contributed by atoms with Gasteiger partial charge in [0.05, 0.1) is 11.9 Å². The number of hydrogen-bond donors (Lipinski definition) is 1. The summed E-state index contributed by atoms with van der Waals surface area (Å²) in [5, 5.41) is 2.80. The number of amides is 1. The highest BCUT2D eigenvalue weighted by atomic mass is 32.2. The lowest BCUT2D eigenvalue weighted by Crippen LogP contribution is -2.36. The van der Waals surface area contributed by atoms with Crippen molar-refractivity contribution in [3.8, 4) is 0 Å². The van der Waals surface area contributed by atoms with Crippen molar-refractivity contribution in [2.75, 3.05) is 44.3 Å². The highest BCUT2D eigenvalue weighted by Crippen LogP contribution is 2.24. The summed E-state index contributed by atoms with van der Waals surface area (Å²) in [6, 6.07) is 5.66. The largest absolute Gasteiger partial charge is 0.355 e. The molecule has 0 aliphatic carbocycles. The van der Waals surface area contributed by atoms with Gasteiger partial charge in [0.15, 0.2) is 0 Å². The summed E-state index contributed by atoms with van der Waals surface area (Å²) in [7, 11) is 0.416. The zero-order valence-corrected chi connectivity index (χ0v) is 15.4. The number of rotatable bonds is 8. The Bertz CT molecular complexity index is 642. The van der Waals surface area contributed by atoms with Crippen molar-refractivity contribution in [1.82, 2.24) is 10.2 Å². The molecule has 0 saturated carbocycles. The van der Waals surface area contributed by atoms with Crippen LogP contribution in [0, 0.1) is 13.8 Å². The molecule has 6 nitrogen and oxygen atoms in total. The van der Waals surface area contributed by atoms with Gasteiger partial charge in [0, 0.05) is 26.1 Å². The van der Waals surface area contributed by atoms with Crippen LogP contribution in [0.25, 0.3) is 0 Å². The molecule has 0 aromatic heterocycles. The van der Waals surface area contributed by atoms with Crippen molar-refractivity contribution >= 4 is 21.6 Å². The predicted molar refractivity (Wildman–Crippen MR) is 94.3 cm³/mol. The molecule has 1 amide bonds. The van der Waals surface area contributed by atoms with Crippen LogP contribution in [0.1, 0.15) is 17.5 Å². The van der Waals surface area contributed by atoms with Gasteiger partial charge in [0.2, 0.25) is 15.9 Å². The van der Waals surface area contributed by atoms with Gasteiger partial charge in [0.1, 0.15) is 0 Å². The van der Waals surface area contributed by atoms with Crippen LogP contribution in [0.2, 0.25) is 0 Å². The second-order valence-corrected chi connectivity index (χ2v) is 7.94. The van der Waals surface area contributed by atoms with Crippen molar-refractivity contribution in [3.05, 3.63) is 29.3 Å². The molecule has 1 aromatic rings. The zero-order chi connectivity index (χ0) is 17.6. The second-order valence-electron chi connectivity index (χ2n) is 6.03. The first kappa shape index (κ1) is 19.4. The quantitative estimate of drug-likeness (QED) is 0.770. The van der Waals surface area contributed by atoms with Gasteiger partial charge in [-0.15, -0.1) is 0 Å². The molecule has 0 aliphatic rings. The van der Waals surface area contributed by atoms with E-state index >= 15 is 0 Å². The Balaban J connectivity index is 2.78. The SMILES string of the molecule is Cc1ccc(C)c(N(CCC(=O)NCCN(C)C)S(C)(=O)=O)c1. The van der Waals surface area contributed by atoms with E-state index in [2.05, 4.69) is 5.32 Å². The van der Waals surface area contributed by atoms with E-state index in [1.807, 2.05) is 51.0 Å². The average molecular weight is 341 g/mol. The van der Waals surface area contributed by atoms with Crippen molar-refractivity contribution in [3.63, 3.8) is 0 Å². The highest BCUT2D eigenvalue weighted by Gasteiger charge is 2.20. The molecule has 1 rings (SSSR count). The summed E-state index contributed by atoms with van der Waals surface area (Å²) in [6.45, 7) is 5.21. The lowest BCUT2D eigenvalue weighted by molar-refractivity contribution is -0.120. The van der Waals surface area contributed by atoms with Crippen molar-refractivity contribution in [2.45, 2.75) is 20.3 Å². The lowest BCUT2D eigenvalue weighted by atomic mass is 10.1. The summed E-state index contributed by atoms with van der Waals surface area (Å²) < 4.78 is 25.5. The van der Waals surface area contributed by atoms with Gasteiger partial charge in [-0.05, 0) is 45.1 Å². The minimum atomic E-state index is -3.44. The molecule has 7 heteroatoms. The third-order valence-corrected chi connectivity index (χ3v) is 4.64. The molecule has 0 heterocycles. The van der Waals surface area contributed by atoms with E-state index in [4.69, 9.17) is 0 Å². The summed E-state index contributed by atoms with van der Waals surface area (Å²) in [4.78, 5) is 13.9. The first-order valence-electron chi connectivity index (χ1n) is 7.57. The van der Waals surface area contributed by atoms with Crippen LogP contribution in [0.15, 0.2) is 18.2 Å². The Morgan fingerprint density at radius 3 is 2.39 bits per heavy atom. The summed E-state index contributed by atoms with van der Waals surface area (Å²) in [6.07, 6.45) is 1.30. The van der Waals surface area contributed by atoms with Crippen molar-refractivity contribution in [2.24, 2.45) is 0 Å². The van der Waals surface area contributed by atoms with Crippen LogP contribution in [0.4, 0.5) is 5.69 Å². The Hall–Kier alpha value is -1.60. The number of benzene rings is 1. The number of nitrogens with one attached hydrogen (secondary N) is 1. The number of hydrogen-bond acceptors (Lipinski definition) is 4. The second kappa shape index (κ2) is 8.31. The molecular weight excluding hydrogens is 314 g/mol. The summed E-state index contributed by atoms with van der Waals surface area (Å²) >= 11 is 0. The molecule has 1 aromatic carbocycles. The fourth-order valence-corrected chi connectivity index (χ4v) is 3.14. The average Bonchev–Trinajstić information content (AvgIpc) is 2.41. The Morgan fingerprint density at radius 1 is 1.17 bits per heavy atom. The van der Waals surface area contributed by atoms with E-state index in [9.17, 15) is 13.2 Å². The van der Waals surface area contributed by atoms with Gasteiger partial charge in [-0.3, -0.25) is 9.10 Å². The third-order valence-electron chi connectivity index (χ3n) is 3.46. The number of nitrogens with zero attached hydrogens (tertiary/aromatic N) is 2. The van der Waals surface area contributed by atoms with Crippen LogP contribution < -0.4 is 9.62 Å². The fraction of sp³-hybridized carbons (Fsp3) is 0.562. The predicted octanol–water partition coefficient (Wildman–Crippen LogP) is 1.14. The van der Waals surface area contributed by atoms with Gasteiger partial charge in [-0.2, -0.15) is 0 Å². The number of sulfonamides is 1. The van der Waals surface area contributed by atoms with Gasteiger partial charge < -0.3 is 10.2 Å². The lowest BCUT2D eigenvalue weighted by Gasteiger charge is -2.24. The zero-order valence-electron chi connectivity index (χ0n) is 14.6. The smallest absolute Gasteiger partial charge is 0.232 e. The van der Waals surface area contributed by atoms with Crippen LogP contribution in [0.3, 0.4) is 0 Å². The van der Waals surface area contributed by atoms with E-state index in [1.54, 1.807) is 0 Å². The standard InChI is InChI=1S/C16H27N3O3S/c1-13-6-7-14(2)15(12-13)19(23(5,21)22)10-8-16(20)17-9-11-18(3)4/h6-7,12H,8-11H2,1-5H3,(H,17,20). The van der Waals surface area contributed by atoms with E-state index in [1.165, 1.54) is 10.6 Å². The molecular formula is C16H27N3O3S. The normalized spacial score (nSPS) is 11.6. The van der Waals surface area contributed by atoms with Crippen LogP contribution in [0.5, 0.6) is 0 Å². The minimum Gasteiger partial charge on any atom is -0.355 e. The maximum absolute atomic E-state index is 12.1. The molecule has 130 valence electrons. The van der Waals surface area contributed by atoms with Gasteiger partial charge in [0.25, 0.3) is 0 Å². The number of aryl methyl sites for hydroxylation is 2. The fourth-order valence-electron chi connectivity index (χ4n) is 2.16. The Kier molecular flexibility index (Phi) is 7.02.